The molecule has 0 unspecified atom stereocenters. The summed E-state index contributed by atoms with van der Waals surface area (Å²) in [4.78, 5) is 0. The third-order valence-corrected chi connectivity index (χ3v) is 2.67. The molecule has 70 valence electrons. The quantitative estimate of drug-likeness (QED) is 0.271. The van der Waals surface area contributed by atoms with E-state index >= 15 is 0 Å². The van der Waals surface area contributed by atoms with Gasteiger partial charge in [0.2, 0.25) is 0 Å². The van der Waals surface area contributed by atoms with Gasteiger partial charge in [0.05, 0.1) is 0 Å². The third kappa shape index (κ3) is 2.72. The van der Waals surface area contributed by atoms with Crippen LogP contribution in [-0.2, 0) is 0 Å². The second-order valence-electron chi connectivity index (χ2n) is 3.60. The van der Waals surface area contributed by atoms with Crippen LogP contribution in [0.25, 0.3) is 0 Å². The van der Waals surface area contributed by atoms with E-state index in [1.807, 2.05) is 0 Å². The first-order chi connectivity index (χ1) is 5.84. The largest absolute Gasteiger partial charge is 0.386 e. The fourth-order valence-corrected chi connectivity index (χ4v) is 1.86. The Kier molecular flexibility index (Phi) is 3.91. The zero-order valence-corrected chi connectivity index (χ0v) is 7.63. The fraction of sp³-hybridized carbons (Fsp3) is 0.889. The summed E-state index contributed by atoms with van der Waals surface area (Å²) < 4.78 is 0. The van der Waals surface area contributed by atoms with Crippen molar-refractivity contribution >= 4 is 5.84 Å². The van der Waals surface area contributed by atoms with Crippen molar-refractivity contribution in [1.82, 2.24) is 0 Å². The van der Waals surface area contributed by atoms with Gasteiger partial charge in [0, 0.05) is 5.92 Å². The maximum absolute atomic E-state index is 5.69. The lowest BCUT2D eigenvalue weighted by molar-refractivity contribution is 0.450. The van der Waals surface area contributed by atoms with Gasteiger partial charge < -0.3 is 11.6 Å². The van der Waals surface area contributed by atoms with Gasteiger partial charge in [-0.1, -0.05) is 32.1 Å². The first kappa shape index (κ1) is 9.36. The molecule has 4 N–H and O–H groups in total. The van der Waals surface area contributed by atoms with E-state index < -0.39 is 0 Å². The summed E-state index contributed by atoms with van der Waals surface area (Å²) in [5.74, 6) is 6.26. The van der Waals surface area contributed by atoms with Crippen molar-refractivity contribution in [3.8, 4) is 0 Å². The molecular weight excluding hydrogens is 150 g/mol. The van der Waals surface area contributed by atoms with E-state index in [9.17, 15) is 0 Å². The second-order valence-corrected chi connectivity index (χ2v) is 3.60. The molecule has 0 aromatic heterocycles. The molecule has 12 heavy (non-hydrogen) atoms. The summed E-state index contributed by atoms with van der Waals surface area (Å²) in [5, 5.41) is 3.58. The van der Waals surface area contributed by atoms with Crippen LogP contribution in [0.1, 0.15) is 44.9 Å². The van der Waals surface area contributed by atoms with Crippen LogP contribution >= 0.6 is 0 Å². The van der Waals surface area contributed by atoms with Gasteiger partial charge in [-0.3, -0.25) is 0 Å². The highest BCUT2D eigenvalue weighted by molar-refractivity contribution is 5.82. The summed E-state index contributed by atoms with van der Waals surface area (Å²) in [5.41, 5.74) is 5.69. The van der Waals surface area contributed by atoms with Crippen LogP contribution in [-0.4, -0.2) is 5.84 Å². The lowest BCUT2D eigenvalue weighted by Gasteiger charge is -2.18. The molecule has 0 amide bonds. The topological polar surface area (TPSA) is 64.4 Å². The molecule has 0 atom stereocenters. The molecular formula is C9H19N3. The van der Waals surface area contributed by atoms with E-state index in [4.69, 9.17) is 11.6 Å². The molecule has 0 spiro atoms. The number of nitrogens with zero attached hydrogens (tertiary/aromatic N) is 1. The first-order valence-electron chi connectivity index (χ1n) is 4.88. The average molecular weight is 169 g/mol. The zero-order valence-electron chi connectivity index (χ0n) is 7.63. The molecule has 0 aliphatic heterocycles. The summed E-state index contributed by atoms with van der Waals surface area (Å²) in [6.07, 6.45) is 8.97. The molecule has 3 nitrogen and oxygen atoms in total. The van der Waals surface area contributed by atoms with Gasteiger partial charge in [-0.15, -0.1) is 0 Å². The molecule has 1 aliphatic rings. The van der Waals surface area contributed by atoms with Gasteiger partial charge in [-0.05, 0) is 12.8 Å². The minimum atomic E-state index is 0.454. The number of hydrazone groups is 1. The first-order valence-corrected chi connectivity index (χ1v) is 4.88. The van der Waals surface area contributed by atoms with Crippen molar-refractivity contribution in [1.29, 1.82) is 0 Å². The predicted octanol–water partition coefficient (Wildman–Crippen LogP) is 1.58. The van der Waals surface area contributed by atoms with Crippen LogP contribution in [0, 0.1) is 5.92 Å². The molecule has 0 saturated heterocycles. The van der Waals surface area contributed by atoms with Crippen LogP contribution in [0.2, 0.25) is 0 Å². The smallest absolute Gasteiger partial charge is 0.122 e. The highest BCUT2D eigenvalue weighted by Crippen LogP contribution is 2.21. The molecule has 0 bridgehead atoms. The Balaban J connectivity index is 2.39. The Labute approximate surface area is 74.2 Å². The standard InChI is InChI=1S/C9H19N3/c10-9(12-11)8-6-4-2-1-3-5-7-8/h8H,1-7,11H2,(H2,10,12). The molecule has 1 saturated carbocycles. The number of nitrogens with two attached hydrogens (primary N) is 2. The van der Waals surface area contributed by atoms with Crippen molar-refractivity contribution in [3.63, 3.8) is 0 Å². The summed E-state index contributed by atoms with van der Waals surface area (Å²) in [7, 11) is 0. The summed E-state index contributed by atoms with van der Waals surface area (Å²) in [6.45, 7) is 0. The van der Waals surface area contributed by atoms with Gasteiger partial charge in [0.15, 0.2) is 0 Å². The number of rotatable bonds is 1. The molecule has 1 fully saturated rings. The molecule has 0 aromatic rings. The van der Waals surface area contributed by atoms with Crippen molar-refractivity contribution < 1.29 is 0 Å². The lowest BCUT2D eigenvalue weighted by Crippen LogP contribution is -2.25. The van der Waals surface area contributed by atoms with Crippen LogP contribution in [0.4, 0.5) is 0 Å². The van der Waals surface area contributed by atoms with Crippen molar-refractivity contribution in [2.24, 2.45) is 22.6 Å². The van der Waals surface area contributed by atoms with Gasteiger partial charge in [-0.2, -0.15) is 5.10 Å². The van der Waals surface area contributed by atoms with Gasteiger partial charge in [0.1, 0.15) is 5.84 Å². The highest BCUT2D eigenvalue weighted by Gasteiger charge is 2.14. The van der Waals surface area contributed by atoms with Gasteiger partial charge >= 0.3 is 0 Å². The van der Waals surface area contributed by atoms with E-state index in [2.05, 4.69) is 5.10 Å². The third-order valence-electron chi connectivity index (χ3n) is 2.67. The van der Waals surface area contributed by atoms with E-state index in [0.717, 1.165) is 0 Å². The fourth-order valence-electron chi connectivity index (χ4n) is 1.86. The Hall–Kier alpha value is -0.730. The number of hydrogen-bond donors (Lipinski definition) is 2. The lowest BCUT2D eigenvalue weighted by atomic mass is 9.90. The Bertz CT molecular complexity index is 146. The van der Waals surface area contributed by atoms with E-state index in [1.165, 1.54) is 44.9 Å². The number of hydrogen-bond acceptors (Lipinski definition) is 2. The molecule has 0 radical (unpaired) electrons. The van der Waals surface area contributed by atoms with Crippen LogP contribution in [0.5, 0.6) is 0 Å². The van der Waals surface area contributed by atoms with Gasteiger partial charge in [0.25, 0.3) is 0 Å². The van der Waals surface area contributed by atoms with Crippen LogP contribution < -0.4 is 11.6 Å². The molecule has 1 rings (SSSR count). The monoisotopic (exact) mass is 169 g/mol. The molecule has 3 heteroatoms. The number of amidine groups is 1. The van der Waals surface area contributed by atoms with Crippen LogP contribution in [0.15, 0.2) is 5.10 Å². The maximum Gasteiger partial charge on any atom is 0.122 e. The van der Waals surface area contributed by atoms with Crippen molar-refractivity contribution in [2.75, 3.05) is 0 Å². The van der Waals surface area contributed by atoms with E-state index in [0.29, 0.717) is 11.8 Å². The highest BCUT2D eigenvalue weighted by atomic mass is 15.2. The van der Waals surface area contributed by atoms with E-state index in [-0.39, 0.29) is 0 Å². The zero-order chi connectivity index (χ0) is 8.81. The average Bonchev–Trinajstić information content (AvgIpc) is 2.02. The second kappa shape index (κ2) is 5.01. The van der Waals surface area contributed by atoms with Gasteiger partial charge in [-0.25, -0.2) is 0 Å². The normalized spacial score (nSPS) is 23.2. The Morgan fingerprint density at radius 3 is 2.00 bits per heavy atom. The molecule has 0 aromatic carbocycles. The minimum absolute atomic E-state index is 0.454. The maximum atomic E-state index is 5.69. The molecule has 0 heterocycles. The van der Waals surface area contributed by atoms with Crippen LogP contribution in [0.3, 0.4) is 0 Å². The Morgan fingerprint density at radius 2 is 1.50 bits per heavy atom. The van der Waals surface area contributed by atoms with Crippen molar-refractivity contribution in [3.05, 3.63) is 0 Å². The van der Waals surface area contributed by atoms with E-state index in [1.54, 1.807) is 0 Å². The minimum Gasteiger partial charge on any atom is -0.386 e. The van der Waals surface area contributed by atoms with Crippen molar-refractivity contribution in [2.45, 2.75) is 44.9 Å². The SMILES string of the molecule is N/N=C(\N)C1CCCCCCC1. The Morgan fingerprint density at radius 1 is 1.00 bits per heavy atom. The predicted molar refractivity (Wildman–Crippen MR) is 51.6 cm³/mol. The molecule has 1 aliphatic carbocycles. The summed E-state index contributed by atoms with van der Waals surface area (Å²) in [6, 6.07) is 0. The summed E-state index contributed by atoms with van der Waals surface area (Å²) >= 11 is 0.